The molecule has 0 amide bonds. The SMILES string of the molecule is C#CCCC1(CCOc2ccc3c(c2)C[C@@H](N2CCc4nc(-c5ccccc5Cl)n(C)c4C2)C3)NN1. The molecule has 1 aliphatic carbocycles. The molecular weight excluding hydrogens is 470 g/mol. The van der Waals surface area contributed by atoms with Crippen molar-refractivity contribution in [2.75, 3.05) is 13.2 Å². The molecule has 3 heterocycles. The second kappa shape index (κ2) is 9.57. The van der Waals surface area contributed by atoms with E-state index in [1.165, 1.54) is 22.5 Å². The molecule has 1 aromatic heterocycles. The second-order valence-corrected chi connectivity index (χ2v) is 10.6. The van der Waals surface area contributed by atoms with Crippen LogP contribution in [0.5, 0.6) is 5.75 Å². The largest absolute Gasteiger partial charge is 0.493 e. The third-order valence-corrected chi connectivity index (χ3v) is 8.31. The molecular formula is C29H32ClN5O. The molecule has 0 spiro atoms. The highest BCUT2D eigenvalue weighted by molar-refractivity contribution is 6.33. The fourth-order valence-corrected chi connectivity index (χ4v) is 5.93. The molecule has 2 N–H and O–H groups in total. The summed E-state index contributed by atoms with van der Waals surface area (Å²) in [5.74, 6) is 4.63. The molecule has 186 valence electrons. The summed E-state index contributed by atoms with van der Waals surface area (Å²) in [5.41, 5.74) is 12.8. The molecule has 3 aromatic rings. The van der Waals surface area contributed by atoms with Gasteiger partial charge in [-0.15, -0.1) is 12.3 Å². The van der Waals surface area contributed by atoms with E-state index in [1.54, 1.807) is 0 Å². The summed E-state index contributed by atoms with van der Waals surface area (Å²) in [7, 11) is 2.12. The molecule has 2 aromatic carbocycles. The minimum absolute atomic E-state index is 0.0428. The highest BCUT2D eigenvalue weighted by Gasteiger charge is 2.40. The summed E-state index contributed by atoms with van der Waals surface area (Å²) in [4.78, 5) is 7.60. The average molecular weight is 502 g/mol. The number of nitrogens with one attached hydrogen (secondary N) is 2. The lowest BCUT2D eigenvalue weighted by Gasteiger charge is -2.32. The Labute approximate surface area is 218 Å². The molecule has 36 heavy (non-hydrogen) atoms. The maximum Gasteiger partial charge on any atom is 0.141 e. The molecule has 6 rings (SSSR count). The van der Waals surface area contributed by atoms with Crippen molar-refractivity contribution in [1.82, 2.24) is 25.3 Å². The van der Waals surface area contributed by atoms with Gasteiger partial charge in [-0.25, -0.2) is 15.8 Å². The smallest absolute Gasteiger partial charge is 0.141 e. The first kappa shape index (κ1) is 23.6. The van der Waals surface area contributed by atoms with E-state index < -0.39 is 0 Å². The number of terminal acetylenes is 1. The van der Waals surface area contributed by atoms with E-state index in [2.05, 4.69) is 57.6 Å². The van der Waals surface area contributed by atoms with Crippen molar-refractivity contribution in [2.45, 2.75) is 56.8 Å². The Balaban J connectivity index is 1.09. The van der Waals surface area contributed by atoms with E-state index in [1.807, 2.05) is 18.2 Å². The van der Waals surface area contributed by atoms with Crippen LogP contribution in [0.1, 0.15) is 41.8 Å². The standard InChI is InChI=1S/C29H32ClN5O/c1-3-4-12-29(32-33-29)13-15-36-23-10-9-20-16-22(17-21(20)18-23)35-14-11-26-27(19-35)34(2)28(31-26)24-7-5-6-8-25(24)30/h1,5-10,18,22,32-33H,4,11-17,19H2,2H3/t22-/m0/s1. The van der Waals surface area contributed by atoms with Gasteiger partial charge in [-0.05, 0) is 54.7 Å². The number of benzene rings is 2. The van der Waals surface area contributed by atoms with Gasteiger partial charge in [-0.1, -0.05) is 29.8 Å². The maximum atomic E-state index is 6.48. The Morgan fingerprint density at radius 2 is 2.00 bits per heavy atom. The number of halogens is 1. The van der Waals surface area contributed by atoms with Crippen LogP contribution in [0, 0.1) is 12.3 Å². The summed E-state index contributed by atoms with van der Waals surface area (Å²) in [6.07, 6.45) is 11.1. The van der Waals surface area contributed by atoms with Crippen molar-refractivity contribution in [2.24, 2.45) is 7.05 Å². The second-order valence-electron chi connectivity index (χ2n) is 10.2. The van der Waals surface area contributed by atoms with Gasteiger partial charge in [0.2, 0.25) is 0 Å². The van der Waals surface area contributed by atoms with Gasteiger partial charge in [-0.3, -0.25) is 4.90 Å². The molecule has 0 unspecified atom stereocenters. The summed E-state index contributed by atoms with van der Waals surface area (Å²) >= 11 is 6.48. The van der Waals surface area contributed by atoms with Crippen molar-refractivity contribution in [1.29, 1.82) is 0 Å². The topological polar surface area (TPSA) is 74.2 Å². The van der Waals surface area contributed by atoms with Gasteiger partial charge in [0.15, 0.2) is 0 Å². The number of hydrogen-bond acceptors (Lipinski definition) is 5. The van der Waals surface area contributed by atoms with Gasteiger partial charge in [0.25, 0.3) is 0 Å². The molecule has 0 radical (unpaired) electrons. The van der Waals surface area contributed by atoms with Crippen LogP contribution in [-0.4, -0.2) is 39.3 Å². The van der Waals surface area contributed by atoms with E-state index in [-0.39, 0.29) is 5.66 Å². The van der Waals surface area contributed by atoms with Gasteiger partial charge in [0, 0.05) is 51.0 Å². The predicted molar refractivity (Wildman–Crippen MR) is 143 cm³/mol. The van der Waals surface area contributed by atoms with Crippen LogP contribution in [0.2, 0.25) is 5.02 Å². The van der Waals surface area contributed by atoms with Crippen LogP contribution in [0.4, 0.5) is 0 Å². The molecule has 0 bridgehead atoms. The Bertz CT molecular complexity index is 1320. The van der Waals surface area contributed by atoms with Crippen LogP contribution < -0.4 is 15.6 Å². The zero-order chi connectivity index (χ0) is 24.7. The number of rotatable bonds is 8. The zero-order valence-electron chi connectivity index (χ0n) is 20.7. The first-order valence-electron chi connectivity index (χ1n) is 12.8. The Hall–Kier alpha value is -2.82. The highest BCUT2D eigenvalue weighted by Crippen LogP contribution is 2.34. The summed E-state index contributed by atoms with van der Waals surface area (Å²) in [6.45, 7) is 2.62. The Morgan fingerprint density at radius 1 is 1.17 bits per heavy atom. The van der Waals surface area contributed by atoms with E-state index in [4.69, 9.17) is 27.7 Å². The van der Waals surface area contributed by atoms with E-state index in [0.29, 0.717) is 12.6 Å². The first-order chi connectivity index (χ1) is 17.5. The maximum absolute atomic E-state index is 6.48. The van der Waals surface area contributed by atoms with Crippen molar-refractivity contribution in [3.05, 3.63) is 70.0 Å². The lowest BCUT2D eigenvalue weighted by Crippen LogP contribution is -2.40. The van der Waals surface area contributed by atoms with Crippen LogP contribution >= 0.6 is 11.6 Å². The van der Waals surface area contributed by atoms with Gasteiger partial charge in [0.1, 0.15) is 11.6 Å². The number of ether oxygens (including phenoxy) is 1. The molecule has 6 nitrogen and oxygen atoms in total. The molecule has 3 aliphatic rings. The van der Waals surface area contributed by atoms with Gasteiger partial charge in [0.05, 0.1) is 28.7 Å². The van der Waals surface area contributed by atoms with Gasteiger partial charge >= 0.3 is 0 Å². The highest BCUT2D eigenvalue weighted by atomic mass is 35.5. The van der Waals surface area contributed by atoms with Crippen molar-refractivity contribution >= 4 is 11.6 Å². The molecule has 0 saturated carbocycles. The predicted octanol–water partition coefficient (Wildman–Crippen LogP) is 4.25. The molecule has 2 aliphatic heterocycles. The fraction of sp³-hybridized carbons (Fsp3) is 0.414. The summed E-state index contributed by atoms with van der Waals surface area (Å²) in [5, 5.41) is 0.747. The number of nitrogens with zero attached hydrogens (tertiary/aromatic N) is 3. The van der Waals surface area contributed by atoms with Gasteiger partial charge in [-0.2, -0.15) is 0 Å². The normalized spacial score (nSPS) is 20.0. The van der Waals surface area contributed by atoms with Crippen LogP contribution in [0.3, 0.4) is 0 Å². The Kier molecular flexibility index (Phi) is 6.27. The molecule has 1 saturated heterocycles. The average Bonchev–Trinajstić information content (AvgIpc) is 3.40. The number of imidazole rings is 1. The molecule has 1 fully saturated rings. The fourth-order valence-electron chi connectivity index (χ4n) is 5.71. The van der Waals surface area contributed by atoms with Crippen molar-refractivity contribution < 1.29 is 4.74 Å². The van der Waals surface area contributed by atoms with Crippen LogP contribution in [0.15, 0.2) is 42.5 Å². The first-order valence-corrected chi connectivity index (χ1v) is 13.2. The third-order valence-electron chi connectivity index (χ3n) is 7.98. The summed E-state index contributed by atoms with van der Waals surface area (Å²) in [6, 6.07) is 15.1. The van der Waals surface area contributed by atoms with E-state index >= 15 is 0 Å². The molecule has 1 atom stereocenters. The number of hydrazine groups is 1. The lowest BCUT2D eigenvalue weighted by atomic mass is 10.1. The van der Waals surface area contributed by atoms with Crippen molar-refractivity contribution in [3.8, 4) is 29.5 Å². The number of aromatic nitrogens is 2. The minimum Gasteiger partial charge on any atom is -0.493 e. The van der Waals surface area contributed by atoms with Crippen LogP contribution in [-0.2, 0) is 32.9 Å². The molecule has 7 heteroatoms. The van der Waals surface area contributed by atoms with Gasteiger partial charge < -0.3 is 9.30 Å². The van der Waals surface area contributed by atoms with E-state index in [0.717, 1.165) is 73.8 Å². The summed E-state index contributed by atoms with van der Waals surface area (Å²) < 4.78 is 8.35. The zero-order valence-corrected chi connectivity index (χ0v) is 21.4. The number of hydrogen-bond donors (Lipinski definition) is 2. The quantitative estimate of drug-likeness (QED) is 0.356. The van der Waals surface area contributed by atoms with Crippen LogP contribution in [0.25, 0.3) is 11.4 Å². The third kappa shape index (κ3) is 4.53. The minimum atomic E-state index is -0.0428. The number of fused-ring (bicyclic) bond motifs is 2. The van der Waals surface area contributed by atoms with Crippen molar-refractivity contribution in [3.63, 3.8) is 0 Å². The Morgan fingerprint density at radius 3 is 2.81 bits per heavy atom. The lowest BCUT2D eigenvalue weighted by molar-refractivity contribution is 0.178. The monoisotopic (exact) mass is 501 g/mol. The van der Waals surface area contributed by atoms with E-state index in [9.17, 15) is 0 Å².